The molecule has 0 atom stereocenters. The van der Waals surface area contributed by atoms with Crippen molar-refractivity contribution >= 4 is 26.7 Å². The van der Waals surface area contributed by atoms with Gasteiger partial charge in [0, 0.05) is 24.3 Å². The lowest BCUT2D eigenvalue weighted by Crippen LogP contribution is -2.35. The van der Waals surface area contributed by atoms with Crippen molar-refractivity contribution in [1.29, 1.82) is 0 Å². The molecule has 0 bridgehead atoms. The molecule has 2 aromatic carbocycles. The largest absolute Gasteiger partial charge is 0.474 e. The minimum Gasteiger partial charge on any atom is -0.474 e. The third-order valence-electron chi connectivity index (χ3n) is 5.80. The summed E-state index contributed by atoms with van der Waals surface area (Å²) in [5.41, 5.74) is 1.29. The van der Waals surface area contributed by atoms with Crippen LogP contribution in [0, 0.1) is 11.6 Å². The van der Waals surface area contributed by atoms with Gasteiger partial charge in [0.25, 0.3) is 10.0 Å². The minimum absolute atomic E-state index is 0.0343. The lowest BCUT2D eigenvalue weighted by Gasteiger charge is -2.29. The van der Waals surface area contributed by atoms with E-state index in [1.54, 1.807) is 18.3 Å². The number of halogens is 2. The SMILES string of the molecule is CN1CCC(Oc2nc(-c3ccc(NS(=O)(=O)c4cc(F)ccc4F)cc3)nc3[nH]ncc23)CC1. The lowest BCUT2D eigenvalue weighted by atomic mass is 10.1. The predicted molar refractivity (Wildman–Crippen MR) is 125 cm³/mol. The molecule has 1 aliphatic heterocycles. The number of benzene rings is 2. The molecule has 182 valence electrons. The first-order valence-electron chi connectivity index (χ1n) is 10.9. The van der Waals surface area contributed by atoms with Crippen LogP contribution in [0.15, 0.2) is 53.6 Å². The van der Waals surface area contributed by atoms with Gasteiger partial charge in [-0.05, 0) is 62.4 Å². The van der Waals surface area contributed by atoms with Crippen LogP contribution in [0.1, 0.15) is 12.8 Å². The number of sulfonamides is 1. The molecule has 4 aromatic rings. The molecular formula is C23H22F2N6O3S. The maximum Gasteiger partial charge on any atom is 0.264 e. The number of piperidine rings is 1. The third-order valence-corrected chi connectivity index (χ3v) is 7.19. The summed E-state index contributed by atoms with van der Waals surface area (Å²) >= 11 is 0. The summed E-state index contributed by atoms with van der Waals surface area (Å²) in [6, 6.07) is 8.47. The highest BCUT2D eigenvalue weighted by Gasteiger charge is 2.22. The molecule has 0 aliphatic carbocycles. The summed E-state index contributed by atoms with van der Waals surface area (Å²) in [6.07, 6.45) is 3.42. The molecule has 1 aliphatic rings. The zero-order valence-corrected chi connectivity index (χ0v) is 19.5. The standard InChI is InChI=1S/C23H22F2N6O3S/c1-31-10-8-17(9-11-31)34-23-18-13-26-29-22(18)27-21(28-23)14-2-5-16(6-3-14)30-35(32,33)20-12-15(24)4-7-19(20)25/h2-7,12-13,17,30H,8-11H2,1H3,(H,26,27,28,29). The van der Waals surface area contributed by atoms with E-state index in [-0.39, 0.29) is 11.8 Å². The van der Waals surface area contributed by atoms with Gasteiger partial charge in [0.05, 0.1) is 6.20 Å². The van der Waals surface area contributed by atoms with Crippen LogP contribution in [0.3, 0.4) is 0 Å². The summed E-state index contributed by atoms with van der Waals surface area (Å²) in [7, 11) is -2.25. The summed E-state index contributed by atoms with van der Waals surface area (Å²) in [6.45, 7) is 1.88. The van der Waals surface area contributed by atoms with Crippen molar-refractivity contribution in [3.8, 4) is 17.3 Å². The average molecular weight is 501 g/mol. The Morgan fingerprint density at radius 1 is 1.09 bits per heavy atom. The normalized spacial score (nSPS) is 15.4. The van der Waals surface area contributed by atoms with Crippen molar-refractivity contribution < 1.29 is 21.9 Å². The third kappa shape index (κ3) is 4.93. The van der Waals surface area contributed by atoms with Gasteiger partial charge < -0.3 is 9.64 Å². The van der Waals surface area contributed by atoms with E-state index in [0.717, 1.165) is 38.1 Å². The second-order valence-electron chi connectivity index (χ2n) is 8.36. The number of aromatic nitrogens is 4. The number of hydrogen-bond donors (Lipinski definition) is 2. The molecule has 2 aromatic heterocycles. The Balaban J connectivity index is 1.39. The monoisotopic (exact) mass is 500 g/mol. The average Bonchev–Trinajstić information content (AvgIpc) is 3.31. The van der Waals surface area contributed by atoms with Crippen LogP contribution >= 0.6 is 0 Å². The number of rotatable bonds is 6. The second-order valence-corrected chi connectivity index (χ2v) is 10.0. The molecule has 1 saturated heterocycles. The number of aromatic amines is 1. The van der Waals surface area contributed by atoms with Crippen LogP contribution in [0.4, 0.5) is 14.5 Å². The van der Waals surface area contributed by atoms with Gasteiger partial charge in [-0.3, -0.25) is 9.82 Å². The number of likely N-dealkylation sites (tertiary alicyclic amines) is 1. The van der Waals surface area contributed by atoms with E-state index in [0.29, 0.717) is 34.4 Å². The van der Waals surface area contributed by atoms with Crippen molar-refractivity contribution in [2.45, 2.75) is 23.8 Å². The molecule has 0 amide bonds. The van der Waals surface area contributed by atoms with Crippen LogP contribution in [-0.4, -0.2) is 59.7 Å². The predicted octanol–water partition coefficient (Wildman–Crippen LogP) is 3.57. The molecular weight excluding hydrogens is 478 g/mol. The van der Waals surface area contributed by atoms with Crippen molar-refractivity contribution in [2.24, 2.45) is 0 Å². The highest BCUT2D eigenvalue weighted by molar-refractivity contribution is 7.92. The topological polar surface area (TPSA) is 113 Å². The van der Waals surface area contributed by atoms with Crippen LogP contribution in [0.5, 0.6) is 5.88 Å². The van der Waals surface area contributed by atoms with E-state index in [1.807, 2.05) is 0 Å². The van der Waals surface area contributed by atoms with Crippen LogP contribution in [0.25, 0.3) is 22.4 Å². The number of nitrogens with one attached hydrogen (secondary N) is 2. The van der Waals surface area contributed by atoms with Gasteiger partial charge in [0.1, 0.15) is 28.0 Å². The number of anilines is 1. The Morgan fingerprint density at radius 2 is 1.83 bits per heavy atom. The van der Waals surface area contributed by atoms with Crippen molar-refractivity contribution in [3.63, 3.8) is 0 Å². The van der Waals surface area contributed by atoms with Crippen LogP contribution in [0.2, 0.25) is 0 Å². The van der Waals surface area contributed by atoms with Gasteiger partial charge in [-0.1, -0.05) is 0 Å². The minimum atomic E-state index is -4.33. The number of hydrogen-bond acceptors (Lipinski definition) is 7. The van der Waals surface area contributed by atoms with Crippen molar-refractivity contribution in [1.82, 2.24) is 25.1 Å². The highest BCUT2D eigenvalue weighted by Crippen LogP contribution is 2.29. The van der Waals surface area contributed by atoms with E-state index in [4.69, 9.17) is 4.74 Å². The van der Waals surface area contributed by atoms with E-state index in [9.17, 15) is 17.2 Å². The summed E-state index contributed by atoms with van der Waals surface area (Å²) in [5, 5.41) is 7.56. The first-order chi connectivity index (χ1) is 16.8. The molecule has 12 heteroatoms. The highest BCUT2D eigenvalue weighted by atomic mass is 32.2. The molecule has 2 N–H and O–H groups in total. The maximum absolute atomic E-state index is 14.0. The number of nitrogens with zero attached hydrogens (tertiary/aromatic N) is 4. The van der Waals surface area contributed by atoms with Gasteiger partial charge in [-0.25, -0.2) is 22.2 Å². The summed E-state index contributed by atoms with van der Waals surface area (Å²) in [5.74, 6) is -1.10. The fraction of sp³-hybridized carbons (Fsp3) is 0.261. The van der Waals surface area contributed by atoms with Crippen molar-refractivity contribution in [2.75, 3.05) is 24.9 Å². The van der Waals surface area contributed by atoms with E-state index in [2.05, 4.69) is 36.8 Å². The molecule has 0 saturated carbocycles. The lowest BCUT2D eigenvalue weighted by molar-refractivity contribution is 0.111. The molecule has 0 radical (unpaired) electrons. The van der Waals surface area contributed by atoms with Crippen molar-refractivity contribution in [3.05, 3.63) is 60.3 Å². The van der Waals surface area contributed by atoms with Gasteiger partial charge in [0.2, 0.25) is 5.88 Å². The zero-order valence-electron chi connectivity index (χ0n) is 18.7. The summed E-state index contributed by atoms with van der Waals surface area (Å²) in [4.78, 5) is 10.6. The Morgan fingerprint density at radius 3 is 2.57 bits per heavy atom. The Kier molecular flexibility index (Phi) is 6.07. The fourth-order valence-corrected chi connectivity index (χ4v) is 5.02. The molecule has 9 nitrogen and oxygen atoms in total. The number of ether oxygens (including phenoxy) is 1. The quantitative estimate of drug-likeness (QED) is 0.416. The Labute approximate surface area is 200 Å². The second kappa shape index (κ2) is 9.19. The Bertz CT molecular complexity index is 1470. The zero-order chi connectivity index (χ0) is 24.6. The molecule has 3 heterocycles. The van der Waals surface area contributed by atoms with Crippen LogP contribution < -0.4 is 9.46 Å². The van der Waals surface area contributed by atoms with E-state index >= 15 is 0 Å². The molecule has 1 fully saturated rings. The number of H-pyrrole nitrogens is 1. The fourth-order valence-electron chi connectivity index (χ4n) is 3.87. The first kappa shape index (κ1) is 23.1. The van der Waals surface area contributed by atoms with E-state index < -0.39 is 26.6 Å². The van der Waals surface area contributed by atoms with E-state index in [1.165, 1.54) is 12.1 Å². The van der Waals surface area contributed by atoms with Gasteiger partial charge in [-0.2, -0.15) is 10.1 Å². The molecule has 0 unspecified atom stereocenters. The van der Waals surface area contributed by atoms with Gasteiger partial charge >= 0.3 is 0 Å². The maximum atomic E-state index is 14.0. The smallest absolute Gasteiger partial charge is 0.264 e. The first-order valence-corrected chi connectivity index (χ1v) is 12.4. The van der Waals surface area contributed by atoms with Gasteiger partial charge in [0.15, 0.2) is 11.5 Å². The van der Waals surface area contributed by atoms with Gasteiger partial charge in [-0.15, -0.1) is 0 Å². The Hall–Kier alpha value is -3.64. The molecule has 0 spiro atoms. The molecule has 35 heavy (non-hydrogen) atoms. The van der Waals surface area contributed by atoms with Crippen LogP contribution in [-0.2, 0) is 10.0 Å². The summed E-state index contributed by atoms with van der Waals surface area (Å²) < 4.78 is 60.9. The number of fused-ring (bicyclic) bond motifs is 1. The molecule has 5 rings (SSSR count).